The van der Waals surface area contributed by atoms with Crippen molar-refractivity contribution in [3.05, 3.63) is 86.2 Å². The second-order valence-electron chi connectivity index (χ2n) is 11.6. The van der Waals surface area contributed by atoms with Crippen molar-refractivity contribution in [2.75, 3.05) is 20.6 Å². The molecule has 44 heavy (non-hydrogen) atoms. The summed E-state index contributed by atoms with van der Waals surface area (Å²) in [6.07, 6.45) is 3.26. The SMILES string of the molecule is CNC(=O)c1ccc2c(c1)CCc1cc(C(=O)NC)ccc1C2(C[C@@H](C)NCC(=O)N(C(C)C#N)C1CC1)c1nc(=O)o[nH]1. The summed E-state index contributed by atoms with van der Waals surface area (Å²) in [6, 6.07) is 12.4. The van der Waals surface area contributed by atoms with Gasteiger partial charge in [0.2, 0.25) is 5.91 Å². The molecule has 2 atom stereocenters. The Balaban J connectivity index is 1.61. The number of hydrogen-bond donors (Lipinski definition) is 4. The van der Waals surface area contributed by atoms with Crippen molar-refractivity contribution in [2.45, 2.75) is 69.5 Å². The zero-order chi connectivity index (χ0) is 31.6. The summed E-state index contributed by atoms with van der Waals surface area (Å²) in [5.74, 6) is -1.10. The fraction of sp³-hybridized carbons (Fsp3) is 0.438. The average Bonchev–Trinajstić information content (AvgIpc) is 3.79. The van der Waals surface area contributed by atoms with Crippen LogP contribution in [-0.2, 0) is 23.1 Å². The van der Waals surface area contributed by atoms with Gasteiger partial charge in [-0.2, -0.15) is 10.2 Å². The quantitative estimate of drug-likeness (QED) is 0.273. The fourth-order valence-electron chi connectivity index (χ4n) is 6.44. The molecule has 5 rings (SSSR count). The van der Waals surface area contributed by atoms with Crippen molar-refractivity contribution in [1.29, 1.82) is 5.26 Å². The Morgan fingerprint density at radius 2 is 1.61 bits per heavy atom. The van der Waals surface area contributed by atoms with Crippen LogP contribution in [0.5, 0.6) is 0 Å². The van der Waals surface area contributed by atoms with Gasteiger partial charge < -0.3 is 25.4 Å². The van der Waals surface area contributed by atoms with Gasteiger partial charge in [-0.3, -0.25) is 14.4 Å². The first-order valence-corrected chi connectivity index (χ1v) is 14.8. The zero-order valence-electron chi connectivity index (χ0n) is 25.3. The molecular weight excluding hydrogens is 562 g/mol. The Bertz CT molecular complexity index is 1610. The molecule has 230 valence electrons. The highest BCUT2D eigenvalue weighted by molar-refractivity contribution is 5.95. The highest BCUT2D eigenvalue weighted by atomic mass is 16.5. The first-order chi connectivity index (χ1) is 21.1. The summed E-state index contributed by atoms with van der Waals surface area (Å²) >= 11 is 0. The highest BCUT2D eigenvalue weighted by Crippen LogP contribution is 2.47. The van der Waals surface area contributed by atoms with E-state index in [9.17, 15) is 24.4 Å². The van der Waals surface area contributed by atoms with E-state index in [1.165, 1.54) is 0 Å². The molecule has 0 bridgehead atoms. The minimum Gasteiger partial charge on any atom is -0.355 e. The number of rotatable bonds is 10. The first-order valence-electron chi connectivity index (χ1n) is 14.8. The normalized spacial score (nSPS) is 16.3. The van der Waals surface area contributed by atoms with Crippen molar-refractivity contribution in [3.63, 3.8) is 0 Å². The number of amides is 3. The first kappa shape index (κ1) is 30.7. The molecule has 0 radical (unpaired) electrons. The smallest absolute Gasteiger partial charge is 0.355 e. The van der Waals surface area contributed by atoms with Crippen LogP contribution in [0.1, 0.15) is 81.9 Å². The van der Waals surface area contributed by atoms with E-state index in [0.29, 0.717) is 30.4 Å². The zero-order valence-corrected chi connectivity index (χ0v) is 25.3. The number of carbonyl (C=O) groups excluding carboxylic acids is 3. The molecule has 1 fully saturated rings. The number of aromatic amines is 1. The second-order valence-corrected chi connectivity index (χ2v) is 11.6. The lowest BCUT2D eigenvalue weighted by molar-refractivity contribution is -0.132. The van der Waals surface area contributed by atoms with Crippen LogP contribution in [0.4, 0.5) is 0 Å². The number of nitriles is 1. The van der Waals surface area contributed by atoms with E-state index in [4.69, 9.17) is 4.52 Å². The third-order valence-corrected chi connectivity index (χ3v) is 8.66. The summed E-state index contributed by atoms with van der Waals surface area (Å²) in [5, 5.41) is 20.9. The van der Waals surface area contributed by atoms with Gasteiger partial charge >= 0.3 is 5.76 Å². The van der Waals surface area contributed by atoms with Crippen LogP contribution >= 0.6 is 0 Å². The molecule has 1 unspecified atom stereocenters. The predicted molar refractivity (Wildman–Crippen MR) is 161 cm³/mol. The molecule has 12 heteroatoms. The van der Waals surface area contributed by atoms with Crippen molar-refractivity contribution in [1.82, 2.24) is 31.0 Å². The third kappa shape index (κ3) is 5.75. The monoisotopic (exact) mass is 599 g/mol. The molecule has 1 heterocycles. The second kappa shape index (κ2) is 12.5. The van der Waals surface area contributed by atoms with E-state index in [1.54, 1.807) is 38.1 Å². The van der Waals surface area contributed by atoms with Gasteiger partial charge in [-0.1, -0.05) is 12.1 Å². The molecule has 12 nitrogen and oxygen atoms in total. The van der Waals surface area contributed by atoms with Gasteiger partial charge in [0.15, 0.2) is 5.82 Å². The fourth-order valence-corrected chi connectivity index (χ4v) is 6.44. The molecule has 0 aliphatic heterocycles. The highest BCUT2D eigenvalue weighted by Gasteiger charge is 2.45. The molecule has 4 N–H and O–H groups in total. The summed E-state index contributed by atoms with van der Waals surface area (Å²) in [7, 11) is 3.15. The van der Waals surface area contributed by atoms with Crippen molar-refractivity contribution < 1.29 is 18.9 Å². The van der Waals surface area contributed by atoms with Gasteiger partial charge in [-0.25, -0.2) is 9.95 Å². The van der Waals surface area contributed by atoms with E-state index < -0.39 is 17.2 Å². The number of benzene rings is 2. The van der Waals surface area contributed by atoms with E-state index in [1.807, 2.05) is 31.2 Å². The van der Waals surface area contributed by atoms with Crippen molar-refractivity contribution >= 4 is 17.7 Å². The lowest BCUT2D eigenvalue weighted by Crippen LogP contribution is -2.47. The van der Waals surface area contributed by atoms with Crippen molar-refractivity contribution in [3.8, 4) is 6.07 Å². The lowest BCUT2D eigenvalue weighted by Gasteiger charge is -2.37. The van der Waals surface area contributed by atoms with Gasteiger partial charge in [0.25, 0.3) is 11.8 Å². The van der Waals surface area contributed by atoms with Gasteiger partial charge in [-0.15, -0.1) is 0 Å². The average molecular weight is 600 g/mol. The molecule has 0 saturated heterocycles. The summed E-state index contributed by atoms with van der Waals surface area (Å²) in [4.78, 5) is 56.7. The van der Waals surface area contributed by atoms with Gasteiger partial charge in [0.05, 0.1) is 18.0 Å². The van der Waals surface area contributed by atoms with Crippen LogP contribution in [0.3, 0.4) is 0 Å². The van der Waals surface area contributed by atoms with E-state index >= 15 is 0 Å². The van der Waals surface area contributed by atoms with Crippen LogP contribution in [0.2, 0.25) is 0 Å². The maximum Gasteiger partial charge on any atom is 0.459 e. The number of nitrogens with one attached hydrogen (secondary N) is 4. The number of H-pyrrole nitrogens is 1. The summed E-state index contributed by atoms with van der Waals surface area (Å²) in [6.45, 7) is 3.71. The van der Waals surface area contributed by atoms with Gasteiger partial charge in [0.1, 0.15) is 6.04 Å². The molecule has 1 saturated carbocycles. The van der Waals surface area contributed by atoms with Crippen molar-refractivity contribution in [2.24, 2.45) is 0 Å². The topological polar surface area (TPSA) is 173 Å². The Morgan fingerprint density at radius 1 is 1.05 bits per heavy atom. The minimum absolute atomic E-state index is 0.0278. The molecule has 3 amide bonds. The summed E-state index contributed by atoms with van der Waals surface area (Å²) in [5.41, 5.74) is 3.36. The van der Waals surface area contributed by atoms with E-state index in [0.717, 1.165) is 35.1 Å². The minimum atomic E-state index is -1.07. The standard InChI is InChI=1S/C32H37N7O5/c1-18(36-17-27(40)39(19(2)16-33)24-9-10-24)15-32(30-37-31(43)44-38-30)25-11-7-22(28(41)34-3)13-20(25)5-6-21-14-23(29(42)35-4)8-12-26(21)32/h7-8,11-14,18-19,24,36H,5-6,9-10,15,17H2,1-4H3,(H,34,41)(H,35,42)(H,37,38,43)/t18-,19?/m1/s1. The Labute approximate surface area is 255 Å². The maximum atomic E-state index is 13.2. The number of carbonyl (C=O) groups is 3. The van der Waals surface area contributed by atoms with Crippen LogP contribution < -0.4 is 21.7 Å². The molecule has 1 aromatic heterocycles. The Morgan fingerprint density at radius 3 is 2.07 bits per heavy atom. The number of hydrogen-bond acceptors (Lipinski definition) is 8. The van der Waals surface area contributed by atoms with E-state index in [-0.39, 0.29) is 42.2 Å². The van der Waals surface area contributed by atoms with Crippen LogP contribution in [-0.4, -0.2) is 71.5 Å². The lowest BCUT2D eigenvalue weighted by atomic mass is 9.67. The van der Waals surface area contributed by atoms with Crippen LogP contribution in [0.25, 0.3) is 0 Å². The van der Waals surface area contributed by atoms with Gasteiger partial charge in [0, 0.05) is 37.3 Å². The van der Waals surface area contributed by atoms with Crippen LogP contribution in [0, 0.1) is 11.3 Å². The number of aryl methyl sites for hydroxylation is 2. The van der Waals surface area contributed by atoms with Gasteiger partial charge in [-0.05, 0) is 92.5 Å². The number of aromatic nitrogens is 2. The largest absolute Gasteiger partial charge is 0.459 e. The molecule has 2 aliphatic rings. The molecular formula is C32H37N7O5. The van der Waals surface area contributed by atoms with Crippen LogP contribution in [0.15, 0.2) is 45.7 Å². The predicted octanol–water partition coefficient (Wildman–Crippen LogP) is 1.79. The Hall–Kier alpha value is -4.76. The molecule has 2 aliphatic carbocycles. The molecule has 0 spiro atoms. The number of nitrogens with zero attached hydrogens (tertiary/aromatic N) is 3. The molecule has 3 aromatic rings. The molecule has 2 aromatic carbocycles. The van der Waals surface area contributed by atoms with E-state index in [2.05, 4.69) is 32.2 Å². The maximum absolute atomic E-state index is 13.2. The Kier molecular flexibility index (Phi) is 8.69. The summed E-state index contributed by atoms with van der Waals surface area (Å²) < 4.78 is 5.12. The number of fused-ring (bicyclic) bond motifs is 2. The third-order valence-electron chi connectivity index (χ3n) is 8.66.